The number of carbonyl (C=O) groups is 1. The molecule has 0 aromatic rings. The van der Waals surface area contributed by atoms with Crippen LogP contribution in [0.1, 0.15) is 113 Å². The maximum Gasteiger partial charge on any atom is 0.302 e. The van der Waals surface area contributed by atoms with Crippen LogP contribution in [0.5, 0.6) is 0 Å². The zero-order valence-electron chi connectivity index (χ0n) is 22.6. The first-order valence-corrected chi connectivity index (χ1v) is 14.1. The topological polar surface area (TPSA) is 26.3 Å². The lowest BCUT2D eigenvalue weighted by atomic mass is 9.47. The predicted molar refractivity (Wildman–Crippen MR) is 138 cm³/mol. The van der Waals surface area contributed by atoms with Gasteiger partial charge in [0.2, 0.25) is 0 Å². The van der Waals surface area contributed by atoms with Gasteiger partial charge in [-0.05, 0) is 105 Å². The molecule has 0 N–H and O–H groups in total. The third-order valence-corrected chi connectivity index (χ3v) is 11.2. The number of carbonyl (C=O) groups excluding carboxylic acids is 1. The second-order valence-corrected chi connectivity index (χ2v) is 13.0. The van der Waals surface area contributed by atoms with E-state index in [1.54, 1.807) is 18.1 Å². The molecule has 2 heteroatoms. The lowest BCUT2D eigenvalue weighted by Gasteiger charge is -2.58. The van der Waals surface area contributed by atoms with Gasteiger partial charge in [0, 0.05) is 13.3 Å². The van der Waals surface area contributed by atoms with Crippen molar-refractivity contribution in [1.82, 2.24) is 0 Å². The fraction of sp³-hybridized carbons (Fsp3) is 0.839. The molecule has 0 spiro atoms. The monoisotopic (exact) mass is 454 g/mol. The third-order valence-electron chi connectivity index (χ3n) is 11.2. The van der Waals surface area contributed by atoms with E-state index in [0.717, 1.165) is 48.3 Å². The van der Waals surface area contributed by atoms with Gasteiger partial charge in [0.15, 0.2) is 0 Å². The normalized spacial score (nSPS) is 41.6. The van der Waals surface area contributed by atoms with Gasteiger partial charge < -0.3 is 4.74 Å². The highest BCUT2D eigenvalue weighted by atomic mass is 16.5. The maximum absolute atomic E-state index is 11.5. The quantitative estimate of drug-likeness (QED) is 0.297. The molecule has 4 aliphatic rings. The van der Waals surface area contributed by atoms with Crippen molar-refractivity contribution in [1.29, 1.82) is 0 Å². The second-order valence-electron chi connectivity index (χ2n) is 13.0. The minimum absolute atomic E-state index is 0.105. The average molecular weight is 455 g/mol. The van der Waals surface area contributed by atoms with Crippen LogP contribution in [-0.4, -0.2) is 12.1 Å². The number of rotatable bonds is 6. The molecule has 4 aliphatic carbocycles. The Bertz CT molecular complexity index is 791. The first kappa shape index (κ1) is 25.1. The molecule has 0 aromatic heterocycles. The summed E-state index contributed by atoms with van der Waals surface area (Å²) in [5.41, 5.74) is 4.11. The van der Waals surface area contributed by atoms with Gasteiger partial charge in [0.05, 0.1) is 0 Å². The molecule has 0 aliphatic heterocycles. The summed E-state index contributed by atoms with van der Waals surface area (Å²) in [6, 6.07) is 0. The summed E-state index contributed by atoms with van der Waals surface area (Å²) in [6.07, 6.45) is 17.9. The Hall–Kier alpha value is -1.05. The standard InChI is InChI=1S/C31H50O2/c1-8-23(20(2)3)10-9-21(4)27-13-14-28-26-12-11-24-19-25(33-22(5)32)15-17-30(24,6)29(26)16-18-31(27,28)7/h9,11,20,23,25-29H,8,10,12-19H2,1-7H3/b21-9-/t23-,25+,26+,27-,28+,29-,30+,31+/m1/s1. The third kappa shape index (κ3) is 4.50. The minimum atomic E-state index is -0.120. The van der Waals surface area contributed by atoms with Gasteiger partial charge in [0.1, 0.15) is 6.10 Å². The Labute approximate surface area is 204 Å². The molecule has 0 unspecified atom stereocenters. The van der Waals surface area contributed by atoms with E-state index in [1.807, 2.05) is 0 Å². The molecule has 0 amide bonds. The lowest BCUT2D eigenvalue weighted by molar-refractivity contribution is -0.148. The number of esters is 1. The first-order chi connectivity index (χ1) is 15.6. The number of ether oxygens (including phenoxy) is 1. The number of hydrogen-bond donors (Lipinski definition) is 0. The Morgan fingerprint density at radius 3 is 2.55 bits per heavy atom. The van der Waals surface area contributed by atoms with E-state index in [1.165, 1.54) is 51.4 Å². The van der Waals surface area contributed by atoms with E-state index in [-0.39, 0.29) is 12.1 Å². The predicted octanol–water partition coefficient (Wildman–Crippen LogP) is 8.52. The van der Waals surface area contributed by atoms with Crippen LogP contribution in [0.25, 0.3) is 0 Å². The van der Waals surface area contributed by atoms with Crippen LogP contribution < -0.4 is 0 Å². The summed E-state index contributed by atoms with van der Waals surface area (Å²) in [6.45, 7) is 16.3. The van der Waals surface area contributed by atoms with Crippen LogP contribution in [0.3, 0.4) is 0 Å². The first-order valence-electron chi connectivity index (χ1n) is 14.1. The van der Waals surface area contributed by atoms with Crippen molar-refractivity contribution >= 4 is 5.97 Å². The molecule has 3 fully saturated rings. The molecule has 0 aromatic carbocycles. The van der Waals surface area contributed by atoms with Gasteiger partial charge in [0.25, 0.3) is 0 Å². The summed E-state index contributed by atoms with van der Waals surface area (Å²) in [5, 5.41) is 0. The zero-order chi connectivity index (χ0) is 24.0. The lowest BCUT2D eigenvalue weighted by Crippen LogP contribution is -2.50. The Kier molecular flexibility index (Phi) is 7.24. The Balaban J connectivity index is 1.50. The van der Waals surface area contributed by atoms with Crippen molar-refractivity contribution < 1.29 is 9.53 Å². The fourth-order valence-electron chi connectivity index (χ4n) is 9.10. The van der Waals surface area contributed by atoms with Gasteiger partial charge >= 0.3 is 5.97 Å². The van der Waals surface area contributed by atoms with Crippen molar-refractivity contribution in [3.05, 3.63) is 23.3 Å². The van der Waals surface area contributed by atoms with E-state index in [0.29, 0.717) is 10.8 Å². The molecule has 186 valence electrons. The zero-order valence-corrected chi connectivity index (χ0v) is 22.6. The van der Waals surface area contributed by atoms with Gasteiger partial charge in [-0.25, -0.2) is 0 Å². The summed E-state index contributed by atoms with van der Waals surface area (Å²) < 4.78 is 5.62. The van der Waals surface area contributed by atoms with Crippen LogP contribution in [-0.2, 0) is 9.53 Å². The highest BCUT2D eigenvalue weighted by molar-refractivity contribution is 5.66. The highest BCUT2D eigenvalue weighted by Crippen LogP contribution is 2.67. The van der Waals surface area contributed by atoms with Gasteiger partial charge in [-0.15, -0.1) is 0 Å². The molecule has 3 saturated carbocycles. The van der Waals surface area contributed by atoms with Crippen molar-refractivity contribution in [3.8, 4) is 0 Å². The van der Waals surface area contributed by atoms with Gasteiger partial charge in [-0.3, -0.25) is 4.79 Å². The average Bonchev–Trinajstić information content (AvgIpc) is 3.11. The fourth-order valence-corrected chi connectivity index (χ4v) is 9.10. The number of allylic oxidation sites excluding steroid dienone is 3. The molecule has 8 atom stereocenters. The summed E-state index contributed by atoms with van der Waals surface area (Å²) in [7, 11) is 0. The van der Waals surface area contributed by atoms with Crippen LogP contribution in [0, 0.1) is 46.3 Å². The largest absolute Gasteiger partial charge is 0.462 e. The molecule has 0 bridgehead atoms. The van der Waals surface area contributed by atoms with E-state index in [2.05, 4.69) is 53.7 Å². The van der Waals surface area contributed by atoms with Crippen molar-refractivity contribution in [3.63, 3.8) is 0 Å². The minimum Gasteiger partial charge on any atom is -0.462 e. The van der Waals surface area contributed by atoms with Crippen LogP contribution >= 0.6 is 0 Å². The Morgan fingerprint density at radius 1 is 1.12 bits per heavy atom. The molecular weight excluding hydrogens is 404 g/mol. The number of fused-ring (bicyclic) bond motifs is 5. The summed E-state index contributed by atoms with van der Waals surface area (Å²) in [5.74, 6) is 4.81. The molecular formula is C31H50O2. The van der Waals surface area contributed by atoms with Crippen molar-refractivity contribution in [2.75, 3.05) is 0 Å². The van der Waals surface area contributed by atoms with E-state index >= 15 is 0 Å². The van der Waals surface area contributed by atoms with Gasteiger partial charge in [-0.1, -0.05) is 64.3 Å². The Morgan fingerprint density at radius 2 is 1.88 bits per heavy atom. The SMILES string of the molecule is CC[C@H](C/C=C(/C)[C@H]1CC[C@H]2[C@@H]3CC=C4C[C@@H](OC(C)=O)CC[C@]4(C)[C@@H]3CC[C@@]12C)C(C)C. The van der Waals surface area contributed by atoms with Gasteiger partial charge in [-0.2, -0.15) is 0 Å². The summed E-state index contributed by atoms with van der Waals surface area (Å²) in [4.78, 5) is 11.5. The van der Waals surface area contributed by atoms with Crippen molar-refractivity contribution in [2.45, 2.75) is 119 Å². The number of hydrogen-bond acceptors (Lipinski definition) is 2. The molecule has 0 heterocycles. The smallest absolute Gasteiger partial charge is 0.302 e. The van der Waals surface area contributed by atoms with E-state index in [4.69, 9.17) is 4.74 Å². The van der Waals surface area contributed by atoms with E-state index < -0.39 is 0 Å². The molecule has 0 radical (unpaired) electrons. The van der Waals surface area contributed by atoms with Crippen LogP contribution in [0.4, 0.5) is 0 Å². The molecule has 0 saturated heterocycles. The molecule has 4 rings (SSSR count). The second kappa shape index (κ2) is 9.54. The summed E-state index contributed by atoms with van der Waals surface area (Å²) >= 11 is 0. The van der Waals surface area contributed by atoms with E-state index in [9.17, 15) is 4.79 Å². The maximum atomic E-state index is 11.5. The molecule has 2 nitrogen and oxygen atoms in total. The molecule has 33 heavy (non-hydrogen) atoms. The highest BCUT2D eigenvalue weighted by Gasteiger charge is 2.58. The van der Waals surface area contributed by atoms with Crippen LogP contribution in [0.2, 0.25) is 0 Å². The van der Waals surface area contributed by atoms with Crippen molar-refractivity contribution in [2.24, 2.45) is 46.3 Å². The van der Waals surface area contributed by atoms with Crippen LogP contribution in [0.15, 0.2) is 23.3 Å².